The second-order valence-corrected chi connectivity index (χ2v) is 11.5. The molecule has 0 saturated carbocycles. The van der Waals surface area contributed by atoms with Crippen LogP contribution in [0.25, 0.3) is 5.76 Å². The van der Waals surface area contributed by atoms with Crippen LogP contribution in [0.3, 0.4) is 0 Å². The van der Waals surface area contributed by atoms with Crippen molar-refractivity contribution in [2.75, 3.05) is 18.6 Å². The van der Waals surface area contributed by atoms with Crippen molar-refractivity contribution in [3.05, 3.63) is 94.1 Å². The van der Waals surface area contributed by atoms with Crippen molar-refractivity contribution in [2.45, 2.75) is 65.8 Å². The molecule has 1 amide bonds. The number of hydrogen-bond donors (Lipinski definition) is 1. The first-order valence-corrected chi connectivity index (χ1v) is 13.7. The van der Waals surface area contributed by atoms with Crippen LogP contribution < -0.4 is 14.4 Å². The SMILES string of the molecule is CCOc1cccc(N2C(=O)C(=O)/C(=C(/O)c3cc(C(C)C)c(OC)cc3C)C2c2ccc(C(C)(C)C)cc2)c1. The van der Waals surface area contributed by atoms with Crippen molar-refractivity contribution in [3.8, 4) is 11.5 Å². The van der Waals surface area contributed by atoms with E-state index in [2.05, 4.69) is 20.8 Å². The summed E-state index contributed by atoms with van der Waals surface area (Å²) in [5, 5.41) is 11.8. The molecule has 3 aromatic rings. The van der Waals surface area contributed by atoms with Crippen LogP contribution in [0.15, 0.2) is 66.2 Å². The molecule has 0 bridgehead atoms. The Bertz CT molecular complexity index is 1460. The Kier molecular flexibility index (Phi) is 8.10. The van der Waals surface area contributed by atoms with E-state index in [0.29, 0.717) is 29.4 Å². The van der Waals surface area contributed by atoms with E-state index in [0.717, 1.165) is 22.3 Å². The largest absolute Gasteiger partial charge is 0.507 e. The van der Waals surface area contributed by atoms with Gasteiger partial charge in [-0.05, 0) is 71.7 Å². The number of carbonyl (C=O) groups is 2. The molecule has 3 aromatic carbocycles. The number of aliphatic hydroxyl groups is 1. The van der Waals surface area contributed by atoms with Gasteiger partial charge in [0.1, 0.15) is 17.3 Å². The zero-order valence-electron chi connectivity index (χ0n) is 24.7. The summed E-state index contributed by atoms with van der Waals surface area (Å²) in [4.78, 5) is 28.8. The van der Waals surface area contributed by atoms with E-state index < -0.39 is 17.7 Å². The van der Waals surface area contributed by atoms with Crippen molar-refractivity contribution in [3.63, 3.8) is 0 Å². The van der Waals surface area contributed by atoms with Crippen molar-refractivity contribution in [2.24, 2.45) is 0 Å². The predicted octanol–water partition coefficient (Wildman–Crippen LogP) is 7.45. The Morgan fingerprint density at radius 3 is 2.27 bits per heavy atom. The number of amides is 1. The Hall–Kier alpha value is -4.06. The second kappa shape index (κ2) is 11.2. The van der Waals surface area contributed by atoms with Gasteiger partial charge in [-0.25, -0.2) is 0 Å². The molecular weight excluding hydrogens is 502 g/mol. The highest BCUT2D eigenvalue weighted by molar-refractivity contribution is 6.51. The number of benzene rings is 3. The number of carbonyl (C=O) groups excluding carboxylic acids is 2. The summed E-state index contributed by atoms with van der Waals surface area (Å²) < 4.78 is 11.3. The van der Waals surface area contributed by atoms with Gasteiger partial charge >= 0.3 is 0 Å². The normalized spacial score (nSPS) is 17.0. The van der Waals surface area contributed by atoms with E-state index in [1.54, 1.807) is 25.3 Å². The third-order valence-corrected chi connectivity index (χ3v) is 7.40. The molecule has 1 N–H and O–H groups in total. The van der Waals surface area contributed by atoms with Gasteiger partial charge in [0, 0.05) is 17.3 Å². The van der Waals surface area contributed by atoms with Gasteiger partial charge in [-0.2, -0.15) is 0 Å². The zero-order chi connectivity index (χ0) is 29.4. The minimum absolute atomic E-state index is 0.0540. The molecule has 40 heavy (non-hydrogen) atoms. The first-order valence-electron chi connectivity index (χ1n) is 13.7. The molecule has 0 radical (unpaired) electrons. The van der Waals surface area contributed by atoms with Crippen LogP contribution in [-0.2, 0) is 15.0 Å². The Morgan fingerprint density at radius 1 is 1.02 bits per heavy atom. The van der Waals surface area contributed by atoms with Crippen LogP contribution in [0.5, 0.6) is 11.5 Å². The lowest BCUT2D eigenvalue weighted by molar-refractivity contribution is -0.132. The first-order chi connectivity index (χ1) is 18.9. The smallest absolute Gasteiger partial charge is 0.300 e. The highest BCUT2D eigenvalue weighted by Crippen LogP contribution is 2.44. The van der Waals surface area contributed by atoms with Crippen LogP contribution >= 0.6 is 0 Å². The molecule has 4 rings (SSSR count). The maximum Gasteiger partial charge on any atom is 0.300 e. The third kappa shape index (κ3) is 5.35. The summed E-state index contributed by atoms with van der Waals surface area (Å²) >= 11 is 0. The Balaban J connectivity index is 1.97. The molecule has 0 spiro atoms. The highest BCUT2D eigenvalue weighted by Gasteiger charge is 2.47. The summed E-state index contributed by atoms with van der Waals surface area (Å²) in [5.74, 6) is -0.205. The number of methoxy groups -OCH3 is 1. The number of ether oxygens (including phenoxy) is 2. The minimum atomic E-state index is -0.824. The molecule has 1 fully saturated rings. The number of rotatable bonds is 7. The molecule has 6 nitrogen and oxygen atoms in total. The highest BCUT2D eigenvalue weighted by atomic mass is 16.5. The van der Waals surface area contributed by atoms with E-state index in [4.69, 9.17) is 9.47 Å². The fourth-order valence-corrected chi connectivity index (χ4v) is 5.20. The van der Waals surface area contributed by atoms with Gasteiger partial charge in [0.25, 0.3) is 11.7 Å². The van der Waals surface area contributed by atoms with Gasteiger partial charge in [0.15, 0.2) is 0 Å². The number of aliphatic hydroxyl groups excluding tert-OH is 1. The molecule has 210 valence electrons. The van der Waals surface area contributed by atoms with Gasteiger partial charge < -0.3 is 14.6 Å². The molecule has 1 unspecified atom stereocenters. The summed E-state index contributed by atoms with van der Waals surface area (Å²) in [6.45, 7) is 14.7. The van der Waals surface area contributed by atoms with Crippen LogP contribution in [-0.4, -0.2) is 30.5 Å². The summed E-state index contributed by atoms with van der Waals surface area (Å²) in [6.07, 6.45) is 0. The van der Waals surface area contributed by atoms with E-state index in [1.807, 2.05) is 70.2 Å². The molecule has 1 aliphatic rings. The van der Waals surface area contributed by atoms with Gasteiger partial charge in [-0.1, -0.05) is 65.0 Å². The second-order valence-electron chi connectivity index (χ2n) is 11.5. The third-order valence-electron chi connectivity index (χ3n) is 7.40. The minimum Gasteiger partial charge on any atom is -0.507 e. The number of Topliss-reactive ketones (excluding diaryl/α,β-unsaturated/α-hetero) is 1. The van der Waals surface area contributed by atoms with Crippen LogP contribution in [0.4, 0.5) is 5.69 Å². The molecule has 0 aromatic heterocycles. The molecule has 1 atom stereocenters. The summed E-state index contributed by atoms with van der Waals surface area (Å²) in [5.41, 5.74) is 4.50. The quantitative estimate of drug-likeness (QED) is 0.191. The molecule has 1 heterocycles. The van der Waals surface area contributed by atoms with Crippen LogP contribution in [0.1, 0.15) is 81.3 Å². The number of ketones is 1. The molecular formula is C34H39NO5. The van der Waals surface area contributed by atoms with Crippen molar-refractivity contribution < 1.29 is 24.2 Å². The summed E-state index contributed by atoms with van der Waals surface area (Å²) in [6, 6.07) is 17.9. The van der Waals surface area contributed by atoms with Gasteiger partial charge in [0.05, 0.1) is 25.3 Å². The van der Waals surface area contributed by atoms with E-state index in [9.17, 15) is 14.7 Å². The lowest BCUT2D eigenvalue weighted by Crippen LogP contribution is -2.29. The first kappa shape index (κ1) is 28.9. The van der Waals surface area contributed by atoms with Crippen LogP contribution in [0, 0.1) is 6.92 Å². The zero-order valence-corrected chi connectivity index (χ0v) is 24.7. The van der Waals surface area contributed by atoms with Gasteiger partial charge in [0.2, 0.25) is 0 Å². The summed E-state index contributed by atoms with van der Waals surface area (Å²) in [7, 11) is 1.61. The number of nitrogens with zero attached hydrogens (tertiary/aromatic N) is 1. The van der Waals surface area contributed by atoms with E-state index in [-0.39, 0.29) is 22.7 Å². The number of anilines is 1. The fourth-order valence-electron chi connectivity index (χ4n) is 5.20. The maximum atomic E-state index is 13.7. The average molecular weight is 542 g/mol. The fraction of sp³-hybridized carbons (Fsp3) is 0.353. The van der Waals surface area contributed by atoms with Gasteiger partial charge in [-0.3, -0.25) is 14.5 Å². The lowest BCUT2D eigenvalue weighted by Gasteiger charge is -2.27. The predicted molar refractivity (Wildman–Crippen MR) is 159 cm³/mol. The number of hydrogen-bond acceptors (Lipinski definition) is 5. The van der Waals surface area contributed by atoms with E-state index in [1.165, 1.54) is 4.90 Å². The Labute approximate surface area is 237 Å². The molecule has 0 aliphatic carbocycles. The topological polar surface area (TPSA) is 76.1 Å². The van der Waals surface area contributed by atoms with Crippen molar-refractivity contribution >= 4 is 23.1 Å². The molecule has 6 heteroatoms. The molecule has 1 aliphatic heterocycles. The van der Waals surface area contributed by atoms with Crippen molar-refractivity contribution in [1.29, 1.82) is 0 Å². The van der Waals surface area contributed by atoms with Gasteiger partial charge in [-0.15, -0.1) is 0 Å². The van der Waals surface area contributed by atoms with E-state index >= 15 is 0 Å². The monoisotopic (exact) mass is 541 g/mol. The standard InChI is InChI=1S/C34H39NO5/c1-9-40-25-12-10-11-24(18-25)35-30(22-13-15-23(16-14-22)34(5,6)7)29(32(37)33(35)38)31(36)27-19-26(20(2)3)28(39-8)17-21(27)4/h10-20,30,36H,9H2,1-8H3/b31-29+. The van der Waals surface area contributed by atoms with Crippen molar-refractivity contribution in [1.82, 2.24) is 0 Å². The number of aryl methyl sites for hydroxylation is 1. The average Bonchev–Trinajstić information content (AvgIpc) is 3.18. The lowest BCUT2D eigenvalue weighted by atomic mass is 9.85. The maximum absolute atomic E-state index is 13.7. The van der Waals surface area contributed by atoms with Crippen LogP contribution in [0.2, 0.25) is 0 Å². The molecule has 1 saturated heterocycles. The Morgan fingerprint density at radius 2 is 1.70 bits per heavy atom.